The lowest BCUT2D eigenvalue weighted by Crippen LogP contribution is -2.51. The lowest BCUT2D eigenvalue weighted by atomic mass is 9.96. The number of imide groups is 1. The summed E-state index contributed by atoms with van der Waals surface area (Å²) in [6.45, 7) is 2.85. The van der Waals surface area contributed by atoms with Crippen LogP contribution in [0.15, 0.2) is 30.3 Å². The van der Waals surface area contributed by atoms with Crippen LogP contribution in [0.4, 0.5) is 4.79 Å². The maximum atomic E-state index is 12.2. The molecule has 1 saturated carbocycles. The number of rotatable bonds is 7. The first-order valence-electron chi connectivity index (χ1n) is 9.05. The van der Waals surface area contributed by atoms with Gasteiger partial charge in [0.2, 0.25) is 5.91 Å². The number of urea groups is 1. The third-order valence-electron chi connectivity index (χ3n) is 4.67. The number of ether oxygens (including phenoxy) is 1. The minimum Gasteiger partial charge on any atom is -0.492 e. The molecule has 0 aromatic heterocycles. The van der Waals surface area contributed by atoms with Gasteiger partial charge in [-0.2, -0.15) is 0 Å². The van der Waals surface area contributed by atoms with Crippen molar-refractivity contribution in [3.8, 4) is 5.75 Å². The highest BCUT2D eigenvalue weighted by molar-refractivity contribution is 5.96. The van der Waals surface area contributed by atoms with Gasteiger partial charge < -0.3 is 10.1 Å². The van der Waals surface area contributed by atoms with E-state index in [1.165, 1.54) is 6.42 Å². The van der Waals surface area contributed by atoms with Gasteiger partial charge in [0.1, 0.15) is 12.4 Å². The molecule has 1 aromatic rings. The first kappa shape index (κ1) is 19.2. The Bertz CT molecular complexity index is 544. The van der Waals surface area contributed by atoms with Crippen molar-refractivity contribution in [2.45, 2.75) is 51.1 Å². The van der Waals surface area contributed by atoms with Crippen LogP contribution < -0.4 is 15.4 Å². The summed E-state index contributed by atoms with van der Waals surface area (Å²) < 4.78 is 5.64. The maximum Gasteiger partial charge on any atom is 0.321 e. The smallest absolute Gasteiger partial charge is 0.321 e. The fourth-order valence-corrected chi connectivity index (χ4v) is 2.90. The summed E-state index contributed by atoms with van der Waals surface area (Å²) in [5.74, 6) is 0.510. The molecule has 1 aliphatic carbocycles. The molecule has 6 heteroatoms. The SMILES string of the molecule is C[C@H](C(=O)NC(=O)NC1CCCCC1)N(C)CCOc1ccccc1. The zero-order chi connectivity index (χ0) is 18.1. The van der Waals surface area contributed by atoms with Gasteiger partial charge in [-0.1, -0.05) is 37.5 Å². The van der Waals surface area contributed by atoms with Crippen LogP contribution in [0, 0.1) is 0 Å². The summed E-state index contributed by atoms with van der Waals surface area (Å²) >= 11 is 0. The largest absolute Gasteiger partial charge is 0.492 e. The number of amides is 3. The molecular formula is C19H29N3O3. The molecule has 138 valence electrons. The van der Waals surface area contributed by atoms with Gasteiger partial charge in [0.15, 0.2) is 0 Å². The van der Waals surface area contributed by atoms with Crippen LogP contribution in [0.25, 0.3) is 0 Å². The molecule has 1 fully saturated rings. The highest BCUT2D eigenvalue weighted by atomic mass is 16.5. The second-order valence-electron chi connectivity index (χ2n) is 6.62. The van der Waals surface area contributed by atoms with Crippen LogP contribution in [0.3, 0.4) is 0 Å². The summed E-state index contributed by atoms with van der Waals surface area (Å²) in [5.41, 5.74) is 0. The van der Waals surface area contributed by atoms with E-state index in [2.05, 4.69) is 10.6 Å². The number of benzene rings is 1. The van der Waals surface area contributed by atoms with E-state index in [9.17, 15) is 9.59 Å². The monoisotopic (exact) mass is 347 g/mol. The Labute approximate surface area is 149 Å². The molecule has 0 aliphatic heterocycles. The lowest BCUT2D eigenvalue weighted by Gasteiger charge is -2.25. The van der Waals surface area contributed by atoms with Crippen molar-refractivity contribution in [1.29, 1.82) is 0 Å². The number of hydrogen-bond acceptors (Lipinski definition) is 4. The Morgan fingerprint density at radius 2 is 1.88 bits per heavy atom. The number of carbonyl (C=O) groups excluding carboxylic acids is 2. The second kappa shape index (κ2) is 10.0. The van der Waals surface area contributed by atoms with E-state index < -0.39 is 12.1 Å². The summed E-state index contributed by atoms with van der Waals surface area (Å²) in [6.07, 6.45) is 5.49. The summed E-state index contributed by atoms with van der Waals surface area (Å²) in [7, 11) is 1.84. The van der Waals surface area contributed by atoms with Gasteiger partial charge in [0.05, 0.1) is 6.04 Å². The molecule has 0 spiro atoms. The molecule has 2 rings (SSSR count). The van der Waals surface area contributed by atoms with Gasteiger partial charge in [-0.3, -0.25) is 15.0 Å². The standard InChI is InChI=1S/C19H29N3O3/c1-15(22(2)13-14-25-17-11-7-4-8-12-17)18(23)21-19(24)20-16-9-5-3-6-10-16/h4,7-8,11-12,15-16H,3,5-6,9-10,13-14H2,1-2H3,(H2,20,21,23,24)/t15-/m1/s1. The Hall–Kier alpha value is -2.08. The van der Waals surface area contributed by atoms with Crippen LogP contribution in [0.1, 0.15) is 39.0 Å². The van der Waals surface area contributed by atoms with Crippen LogP contribution in [0.2, 0.25) is 0 Å². The molecule has 3 amide bonds. The van der Waals surface area contributed by atoms with Gasteiger partial charge in [-0.05, 0) is 38.9 Å². The molecule has 0 heterocycles. The minimum absolute atomic E-state index is 0.189. The van der Waals surface area contributed by atoms with E-state index in [4.69, 9.17) is 4.74 Å². The fourth-order valence-electron chi connectivity index (χ4n) is 2.90. The van der Waals surface area contributed by atoms with E-state index in [-0.39, 0.29) is 11.9 Å². The van der Waals surface area contributed by atoms with Crippen molar-refractivity contribution in [3.05, 3.63) is 30.3 Å². The molecule has 6 nitrogen and oxygen atoms in total. The molecule has 0 bridgehead atoms. The van der Waals surface area contributed by atoms with Gasteiger partial charge in [0, 0.05) is 12.6 Å². The summed E-state index contributed by atoms with van der Waals surface area (Å²) in [5, 5.41) is 5.34. The third-order valence-corrected chi connectivity index (χ3v) is 4.67. The van der Waals surface area contributed by atoms with Gasteiger partial charge in [-0.15, -0.1) is 0 Å². The maximum absolute atomic E-state index is 12.2. The zero-order valence-corrected chi connectivity index (χ0v) is 15.2. The quantitative estimate of drug-likeness (QED) is 0.795. The Morgan fingerprint density at radius 3 is 2.56 bits per heavy atom. The van der Waals surface area contributed by atoms with Crippen LogP contribution in [-0.2, 0) is 4.79 Å². The number of carbonyl (C=O) groups is 2. The van der Waals surface area contributed by atoms with Crippen molar-refractivity contribution in [3.63, 3.8) is 0 Å². The van der Waals surface area contributed by atoms with Crippen LogP contribution in [-0.4, -0.2) is 49.1 Å². The number of para-hydroxylation sites is 1. The first-order valence-corrected chi connectivity index (χ1v) is 9.05. The number of nitrogens with one attached hydrogen (secondary N) is 2. The number of nitrogens with zero attached hydrogens (tertiary/aromatic N) is 1. The van der Waals surface area contributed by atoms with Gasteiger partial charge >= 0.3 is 6.03 Å². The Kier molecular flexibility index (Phi) is 7.73. The van der Waals surface area contributed by atoms with Crippen molar-refractivity contribution >= 4 is 11.9 Å². The molecule has 0 unspecified atom stereocenters. The van der Waals surface area contributed by atoms with Gasteiger partial charge in [0.25, 0.3) is 0 Å². The highest BCUT2D eigenvalue weighted by Gasteiger charge is 2.22. The van der Waals surface area contributed by atoms with Crippen LogP contribution >= 0.6 is 0 Å². The lowest BCUT2D eigenvalue weighted by molar-refractivity contribution is -0.124. The Balaban J connectivity index is 1.67. The summed E-state index contributed by atoms with van der Waals surface area (Å²) in [6, 6.07) is 8.95. The number of hydrogen-bond donors (Lipinski definition) is 2. The zero-order valence-electron chi connectivity index (χ0n) is 15.2. The predicted octanol–water partition coefficient (Wildman–Crippen LogP) is 2.54. The van der Waals surface area contributed by atoms with Crippen molar-refractivity contribution in [2.75, 3.05) is 20.2 Å². The average molecular weight is 347 g/mol. The first-order chi connectivity index (χ1) is 12.1. The van der Waals surface area contributed by atoms with Gasteiger partial charge in [-0.25, -0.2) is 4.79 Å². The minimum atomic E-state index is -0.406. The van der Waals surface area contributed by atoms with E-state index in [1.54, 1.807) is 6.92 Å². The third kappa shape index (κ3) is 6.74. The molecule has 25 heavy (non-hydrogen) atoms. The molecule has 1 atom stereocenters. The number of likely N-dealkylation sites (N-methyl/N-ethyl adjacent to an activating group) is 1. The second-order valence-corrected chi connectivity index (χ2v) is 6.62. The van der Waals surface area contributed by atoms with Crippen molar-refractivity contribution in [1.82, 2.24) is 15.5 Å². The molecule has 2 N–H and O–H groups in total. The molecular weight excluding hydrogens is 318 g/mol. The van der Waals surface area contributed by atoms with E-state index >= 15 is 0 Å². The van der Waals surface area contributed by atoms with E-state index in [1.807, 2.05) is 42.3 Å². The van der Waals surface area contributed by atoms with E-state index in [0.717, 1.165) is 31.4 Å². The van der Waals surface area contributed by atoms with Crippen molar-refractivity contribution in [2.24, 2.45) is 0 Å². The molecule has 1 aliphatic rings. The predicted molar refractivity (Wildman–Crippen MR) is 97.6 cm³/mol. The summed E-state index contributed by atoms with van der Waals surface area (Å²) in [4.78, 5) is 26.0. The molecule has 0 saturated heterocycles. The fraction of sp³-hybridized carbons (Fsp3) is 0.579. The van der Waals surface area contributed by atoms with E-state index in [0.29, 0.717) is 13.2 Å². The molecule has 1 aromatic carbocycles. The Morgan fingerprint density at radius 1 is 1.20 bits per heavy atom. The normalized spacial score (nSPS) is 16.3. The van der Waals surface area contributed by atoms with Crippen molar-refractivity contribution < 1.29 is 14.3 Å². The topological polar surface area (TPSA) is 70.7 Å². The molecule has 0 radical (unpaired) electrons. The van der Waals surface area contributed by atoms with Crippen LogP contribution in [0.5, 0.6) is 5.75 Å². The average Bonchev–Trinajstić information content (AvgIpc) is 2.62. The highest BCUT2D eigenvalue weighted by Crippen LogP contribution is 2.17.